The maximum atomic E-state index is 11.9. The minimum Gasteiger partial charge on any atom is -0.393 e. The van der Waals surface area contributed by atoms with E-state index in [4.69, 9.17) is 4.74 Å². The highest BCUT2D eigenvalue weighted by molar-refractivity contribution is 6.09. The van der Waals surface area contributed by atoms with E-state index in [1.54, 1.807) is 0 Å². The van der Waals surface area contributed by atoms with E-state index in [1.807, 2.05) is 18.2 Å². The van der Waals surface area contributed by atoms with Gasteiger partial charge in [-0.3, -0.25) is 14.4 Å². The van der Waals surface area contributed by atoms with Gasteiger partial charge in [0.05, 0.1) is 23.8 Å². The topological polar surface area (TPSA) is 86.7 Å². The van der Waals surface area contributed by atoms with Crippen LogP contribution in [0.4, 0.5) is 0 Å². The Hall–Kier alpha value is -2.50. The minimum atomic E-state index is -0.639. The third-order valence-electron chi connectivity index (χ3n) is 4.73. The van der Waals surface area contributed by atoms with Crippen LogP contribution in [0.25, 0.3) is 0 Å². The first-order chi connectivity index (χ1) is 10.6. The quantitative estimate of drug-likeness (QED) is 0.530. The van der Waals surface area contributed by atoms with E-state index in [0.717, 1.165) is 11.1 Å². The normalized spacial score (nSPS) is 33.5. The van der Waals surface area contributed by atoms with Crippen LogP contribution < -0.4 is 0 Å². The molecule has 3 atom stereocenters. The lowest BCUT2D eigenvalue weighted by Gasteiger charge is -2.33. The van der Waals surface area contributed by atoms with Crippen molar-refractivity contribution in [2.45, 2.75) is 19.3 Å². The van der Waals surface area contributed by atoms with E-state index in [0.29, 0.717) is 18.4 Å². The van der Waals surface area contributed by atoms with Crippen molar-refractivity contribution in [2.24, 2.45) is 17.8 Å². The van der Waals surface area contributed by atoms with E-state index in [1.165, 1.54) is 0 Å². The average Bonchev–Trinajstić information content (AvgIpc) is 2.97. The van der Waals surface area contributed by atoms with E-state index in [2.05, 4.69) is 4.74 Å². The first kappa shape index (κ1) is 13.2. The summed E-state index contributed by atoms with van der Waals surface area (Å²) in [5.74, 6) is -3.77. The molecule has 2 fully saturated rings. The molecule has 0 aromatic heterocycles. The number of carbonyl (C=O) groups excluding carboxylic acids is 4. The van der Waals surface area contributed by atoms with Gasteiger partial charge in [0, 0.05) is 0 Å². The van der Waals surface area contributed by atoms with Gasteiger partial charge in [0.25, 0.3) is 0 Å². The maximum Gasteiger partial charge on any atom is 0.342 e. The molecule has 6 nitrogen and oxygen atoms in total. The minimum absolute atomic E-state index is 0.0167. The van der Waals surface area contributed by atoms with E-state index >= 15 is 0 Å². The second-order valence-corrected chi connectivity index (χ2v) is 5.85. The first-order valence-electron chi connectivity index (χ1n) is 7.17. The van der Waals surface area contributed by atoms with Crippen LogP contribution in [0, 0.1) is 17.8 Å². The Bertz CT molecular complexity index is 723. The van der Waals surface area contributed by atoms with Gasteiger partial charge in [-0.1, -0.05) is 18.2 Å². The van der Waals surface area contributed by atoms with Gasteiger partial charge in [-0.15, -0.1) is 0 Å². The summed E-state index contributed by atoms with van der Waals surface area (Å²) in [7, 11) is 0. The molecule has 3 unspecified atom stereocenters. The SMILES string of the molecule is O=C1CC(C2CC3C(=O)OC(=O)C3=C3CC=CC=C32)C(=O)O1. The Morgan fingerprint density at radius 1 is 1.00 bits per heavy atom. The Morgan fingerprint density at radius 3 is 2.55 bits per heavy atom. The third kappa shape index (κ3) is 1.73. The van der Waals surface area contributed by atoms with E-state index in [-0.39, 0.29) is 12.3 Å². The fraction of sp³-hybridized carbons (Fsp3) is 0.375. The molecule has 0 aromatic rings. The van der Waals surface area contributed by atoms with Crippen molar-refractivity contribution in [1.29, 1.82) is 0 Å². The molecular weight excluding hydrogens is 288 g/mol. The summed E-state index contributed by atoms with van der Waals surface area (Å²) in [6.07, 6.45) is 6.43. The van der Waals surface area contributed by atoms with Gasteiger partial charge in [-0.05, 0) is 29.9 Å². The fourth-order valence-electron chi connectivity index (χ4n) is 3.77. The molecule has 4 aliphatic rings. The molecule has 2 saturated heterocycles. The fourth-order valence-corrected chi connectivity index (χ4v) is 3.77. The second kappa shape index (κ2) is 4.50. The zero-order chi connectivity index (χ0) is 15.4. The summed E-state index contributed by atoms with van der Waals surface area (Å²) >= 11 is 0. The van der Waals surface area contributed by atoms with Crippen molar-refractivity contribution in [3.05, 3.63) is 34.9 Å². The summed E-state index contributed by atoms with van der Waals surface area (Å²) in [5, 5.41) is 0. The lowest BCUT2D eigenvalue weighted by atomic mass is 9.67. The van der Waals surface area contributed by atoms with Crippen LogP contribution in [-0.4, -0.2) is 23.9 Å². The molecule has 4 rings (SSSR count). The summed E-state index contributed by atoms with van der Waals surface area (Å²) in [6.45, 7) is 0. The zero-order valence-corrected chi connectivity index (χ0v) is 11.5. The molecule has 0 aromatic carbocycles. The van der Waals surface area contributed by atoms with Crippen LogP contribution in [0.5, 0.6) is 0 Å². The molecule has 2 aliphatic carbocycles. The molecular formula is C16H12O6. The van der Waals surface area contributed by atoms with Gasteiger partial charge in [-0.2, -0.15) is 0 Å². The monoisotopic (exact) mass is 300 g/mol. The zero-order valence-electron chi connectivity index (χ0n) is 11.5. The number of cyclic esters (lactones) is 4. The van der Waals surface area contributed by atoms with Crippen LogP contribution in [-0.2, 0) is 28.7 Å². The van der Waals surface area contributed by atoms with Crippen LogP contribution in [0.2, 0.25) is 0 Å². The van der Waals surface area contributed by atoms with Gasteiger partial charge >= 0.3 is 23.9 Å². The lowest BCUT2D eigenvalue weighted by molar-refractivity contribution is -0.155. The van der Waals surface area contributed by atoms with Crippen LogP contribution in [0.1, 0.15) is 19.3 Å². The average molecular weight is 300 g/mol. The molecule has 0 spiro atoms. The van der Waals surface area contributed by atoms with Gasteiger partial charge < -0.3 is 9.47 Å². The molecule has 0 saturated carbocycles. The number of ether oxygens (including phenoxy) is 2. The van der Waals surface area contributed by atoms with Crippen molar-refractivity contribution in [3.8, 4) is 0 Å². The lowest BCUT2D eigenvalue weighted by Crippen LogP contribution is -2.31. The highest BCUT2D eigenvalue weighted by atomic mass is 16.6. The number of fused-ring (bicyclic) bond motifs is 2. The van der Waals surface area contributed by atoms with Crippen molar-refractivity contribution in [1.82, 2.24) is 0 Å². The number of hydrogen-bond donors (Lipinski definition) is 0. The predicted octanol–water partition coefficient (Wildman–Crippen LogP) is 0.979. The number of hydrogen-bond acceptors (Lipinski definition) is 6. The molecule has 2 heterocycles. The van der Waals surface area contributed by atoms with Gasteiger partial charge in [0.15, 0.2) is 0 Å². The van der Waals surface area contributed by atoms with E-state index in [9.17, 15) is 19.2 Å². The molecule has 112 valence electrons. The van der Waals surface area contributed by atoms with Crippen LogP contribution >= 0.6 is 0 Å². The molecule has 0 N–H and O–H groups in total. The van der Waals surface area contributed by atoms with Crippen molar-refractivity contribution in [3.63, 3.8) is 0 Å². The molecule has 0 amide bonds. The molecule has 22 heavy (non-hydrogen) atoms. The summed E-state index contributed by atoms with van der Waals surface area (Å²) in [6, 6.07) is 0. The first-order valence-corrected chi connectivity index (χ1v) is 7.17. The third-order valence-corrected chi connectivity index (χ3v) is 4.73. The van der Waals surface area contributed by atoms with Gasteiger partial charge in [-0.25, -0.2) is 4.79 Å². The van der Waals surface area contributed by atoms with E-state index < -0.39 is 35.7 Å². The summed E-state index contributed by atoms with van der Waals surface area (Å²) < 4.78 is 9.39. The number of allylic oxidation sites excluding steroid dienone is 5. The Morgan fingerprint density at radius 2 is 1.82 bits per heavy atom. The number of esters is 4. The number of rotatable bonds is 1. The highest BCUT2D eigenvalue weighted by Gasteiger charge is 2.51. The van der Waals surface area contributed by atoms with Gasteiger partial charge in [0.1, 0.15) is 0 Å². The van der Waals surface area contributed by atoms with Crippen LogP contribution in [0.15, 0.2) is 34.9 Å². The molecule has 2 aliphatic heterocycles. The van der Waals surface area contributed by atoms with Gasteiger partial charge in [0.2, 0.25) is 0 Å². The summed E-state index contributed by atoms with van der Waals surface area (Å²) in [5.41, 5.74) is 2.01. The highest BCUT2D eigenvalue weighted by Crippen LogP contribution is 2.48. The largest absolute Gasteiger partial charge is 0.393 e. The van der Waals surface area contributed by atoms with Crippen molar-refractivity contribution in [2.75, 3.05) is 0 Å². The maximum absolute atomic E-state index is 11.9. The smallest absolute Gasteiger partial charge is 0.342 e. The summed E-state index contributed by atoms with van der Waals surface area (Å²) in [4.78, 5) is 47.1. The second-order valence-electron chi connectivity index (χ2n) is 5.85. The Balaban J connectivity index is 1.81. The molecule has 0 bridgehead atoms. The standard InChI is InChI=1S/C16H12O6/c17-12-6-10(14(18)21-12)9-5-11-13(16(20)22-15(11)19)8-4-2-1-3-7(8)9/h1-3,9-11H,4-6H2. The number of carbonyl (C=O) groups is 4. The van der Waals surface area contributed by atoms with Crippen molar-refractivity contribution >= 4 is 23.9 Å². The van der Waals surface area contributed by atoms with Crippen molar-refractivity contribution < 1.29 is 28.7 Å². The molecule has 0 radical (unpaired) electrons. The van der Waals surface area contributed by atoms with Crippen LogP contribution in [0.3, 0.4) is 0 Å². The molecule has 6 heteroatoms. The predicted molar refractivity (Wildman–Crippen MR) is 70.8 cm³/mol. The Labute approximate surface area is 125 Å². The Kier molecular flexibility index (Phi) is 2.69.